The van der Waals surface area contributed by atoms with Gasteiger partial charge in [0.15, 0.2) is 0 Å². The van der Waals surface area contributed by atoms with Crippen molar-refractivity contribution in [2.45, 2.75) is 33.1 Å². The molecule has 0 aliphatic carbocycles. The normalized spacial score (nSPS) is 8.85. The third-order valence-corrected chi connectivity index (χ3v) is 1.72. The van der Waals surface area contributed by atoms with E-state index in [0.29, 0.717) is 6.61 Å². The number of aryl methyl sites for hydroxylation is 1. The molecule has 0 unspecified atom stereocenters. The maximum atomic E-state index is 8.54. The molecule has 74 valence electrons. The van der Waals surface area contributed by atoms with E-state index >= 15 is 0 Å². The zero-order valence-electron chi connectivity index (χ0n) is 8.66. The van der Waals surface area contributed by atoms with Crippen LogP contribution in [0.15, 0.2) is 30.3 Å². The van der Waals surface area contributed by atoms with E-state index < -0.39 is 0 Å². The highest BCUT2D eigenvalue weighted by atomic mass is 16.2. The number of aliphatic hydroxyl groups excluding tert-OH is 1. The van der Waals surface area contributed by atoms with Crippen molar-refractivity contribution in [3.05, 3.63) is 35.9 Å². The molecular formula is C12H20O. The van der Waals surface area contributed by atoms with Gasteiger partial charge in [0.05, 0.1) is 0 Å². The number of hydrogen-bond donors (Lipinski definition) is 1. The maximum Gasteiger partial charge on any atom is 0.0431 e. The molecule has 0 aliphatic rings. The molecule has 1 aromatic rings. The van der Waals surface area contributed by atoms with Crippen molar-refractivity contribution < 1.29 is 5.11 Å². The van der Waals surface area contributed by atoms with Crippen LogP contribution < -0.4 is 0 Å². The van der Waals surface area contributed by atoms with Gasteiger partial charge in [0.1, 0.15) is 0 Å². The highest BCUT2D eigenvalue weighted by Crippen LogP contribution is 2.03. The van der Waals surface area contributed by atoms with E-state index in [1.54, 1.807) is 0 Å². The number of benzene rings is 1. The molecular weight excluding hydrogens is 160 g/mol. The molecule has 0 saturated carbocycles. The minimum absolute atomic E-state index is 0.312. The Hall–Kier alpha value is -0.820. The molecule has 0 saturated heterocycles. The largest absolute Gasteiger partial charge is 0.396 e. The van der Waals surface area contributed by atoms with E-state index in [0.717, 1.165) is 19.3 Å². The van der Waals surface area contributed by atoms with Gasteiger partial charge in [-0.2, -0.15) is 0 Å². The lowest BCUT2D eigenvalue weighted by Crippen LogP contribution is -1.87. The Balaban J connectivity index is 0.000000671. The summed E-state index contributed by atoms with van der Waals surface area (Å²) >= 11 is 0. The third kappa shape index (κ3) is 6.35. The van der Waals surface area contributed by atoms with Gasteiger partial charge >= 0.3 is 0 Å². The summed E-state index contributed by atoms with van der Waals surface area (Å²) in [6, 6.07) is 10.4. The molecule has 1 heteroatoms. The highest BCUT2D eigenvalue weighted by Gasteiger charge is 1.89. The predicted molar refractivity (Wildman–Crippen MR) is 57.8 cm³/mol. The van der Waals surface area contributed by atoms with Gasteiger partial charge in [0, 0.05) is 6.61 Å². The first-order valence-corrected chi connectivity index (χ1v) is 5.08. The summed E-state index contributed by atoms with van der Waals surface area (Å²) in [4.78, 5) is 0. The van der Waals surface area contributed by atoms with Crippen molar-refractivity contribution in [2.24, 2.45) is 0 Å². The van der Waals surface area contributed by atoms with Crippen LogP contribution in [0.5, 0.6) is 0 Å². The Morgan fingerprint density at radius 1 is 1.00 bits per heavy atom. The van der Waals surface area contributed by atoms with Crippen molar-refractivity contribution in [1.82, 2.24) is 0 Å². The van der Waals surface area contributed by atoms with Gasteiger partial charge in [0.2, 0.25) is 0 Å². The SMILES string of the molecule is CC.OCCCCc1ccccc1. The van der Waals surface area contributed by atoms with Crippen LogP contribution in [0.4, 0.5) is 0 Å². The smallest absolute Gasteiger partial charge is 0.0431 e. The Labute approximate surface area is 81.4 Å². The fourth-order valence-corrected chi connectivity index (χ4v) is 1.09. The number of aliphatic hydroxyl groups is 1. The van der Waals surface area contributed by atoms with Crippen molar-refractivity contribution in [1.29, 1.82) is 0 Å². The molecule has 1 aromatic carbocycles. The summed E-state index contributed by atoms with van der Waals surface area (Å²) in [5.41, 5.74) is 1.36. The summed E-state index contributed by atoms with van der Waals surface area (Å²) < 4.78 is 0. The van der Waals surface area contributed by atoms with Gasteiger partial charge in [-0.1, -0.05) is 44.2 Å². The summed E-state index contributed by atoms with van der Waals surface area (Å²) in [7, 11) is 0. The van der Waals surface area contributed by atoms with Gasteiger partial charge in [-0.15, -0.1) is 0 Å². The van der Waals surface area contributed by atoms with Crippen LogP contribution in [-0.2, 0) is 6.42 Å². The zero-order chi connectivity index (χ0) is 9.94. The first-order chi connectivity index (χ1) is 6.43. The van der Waals surface area contributed by atoms with Crippen LogP contribution in [-0.4, -0.2) is 11.7 Å². The van der Waals surface area contributed by atoms with Crippen LogP contribution in [0, 0.1) is 0 Å². The second-order valence-electron chi connectivity index (χ2n) is 2.67. The van der Waals surface area contributed by atoms with Crippen LogP contribution in [0.3, 0.4) is 0 Å². The van der Waals surface area contributed by atoms with Gasteiger partial charge in [0.25, 0.3) is 0 Å². The Morgan fingerprint density at radius 2 is 1.62 bits per heavy atom. The standard InChI is InChI=1S/C10H14O.C2H6/c11-9-5-4-8-10-6-2-1-3-7-10;1-2/h1-3,6-7,11H,4-5,8-9H2;1-2H3. The van der Waals surface area contributed by atoms with Crippen molar-refractivity contribution in [3.63, 3.8) is 0 Å². The van der Waals surface area contributed by atoms with Crippen LogP contribution in [0.25, 0.3) is 0 Å². The molecule has 0 aliphatic heterocycles. The molecule has 0 amide bonds. The van der Waals surface area contributed by atoms with Gasteiger partial charge in [-0.25, -0.2) is 0 Å². The average Bonchev–Trinajstić information content (AvgIpc) is 2.23. The van der Waals surface area contributed by atoms with E-state index in [9.17, 15) is 0 Å². The molecule has 13 heavy (non-hydrogen) atoms. The highest BCUT2D eigenvalue weighted by molar-refractivity contribution is 5.14. The van der Waals surface area contributed by atoms with E-state index in [1.807, 2.05) is 32.0 Å². The lowest BCUT2D eigenvalue weighted by molar-refractivity contribution is 0.284. The number of hydrogen-bond acceptors (Lipinski definition) is 1. The average molecular weight is 180 g/mol. The molecule has 1 N–H and O–H groups in total. The third-order valence-electron chi connectivity index (χ3n) is 1.72. The topological polar surface area (TPSA) is 20.2 Å². The van der Waals surface area contributed by atoms with Gasteiger partial charge < -0.3 is 5.11 Å². The van der Waals surface area contributed by atoms with Gasteiger partial charge in [-0.3, -0.25) is 0 Å². The molecule has 0 fully saturated rings. The molecule has 1 rings (SSSR count). The molecule has 0 radical (unpaired) electrons. The second kappa shape index (κ2) is 9.27. The first kappa shape index (κ1) is 12.2. The van der Waals surface area contributed by atoms with Crippen LogP contribution >= 0.6 is 0 Å². The predicted octanol–water partition coefficient (Wildman–Crippen LogP) is 3.03. The van der Waals surface area contributed by atoms with E-state index in [1.165, 1.54) is 5.56 Å². The molecule has 0 spiro atoms. The summed E-state index contributed by atoms with van der Waals surface area (Å²) in [5.74, 6) is 0. The fourth-order valence-electron chi connectivity index (χ4n) is 1.09. The van der Waals surface area contributed by atoms with Crippen molar-refractivity contribution >= 4 is 0 Å². The quantitative estimate of drug-likeness (QED) is 0.706. The maximum absolute atomic E-state index is 8.54. The number of unbranched alkanes of at least 4 members (excludes halogenated alkanes) is 1. The van der Waals surface area contributed by atoms with E-state index in [4.69, 9.17) is 5.11 Å². The van der Waals surface area contributed by atoms with Crippen molar-refractivity contribution in [2.75, 3.05) is 6.61 Å². The number of rotatable bonds is 4. The molecule has 0 bridgehead atoms. The van der Waals surface area contributed by atoms with E-state index in [2.05, 4.69) is 12.1 Å². The molecule has 0 atom stereocenters. The van der Waals surface area contributed by atoms with Crippen molar-refractivity contribution in [3.8, 4) is 0 Å². The van der Waals surface area contributed by atoms with Gasteiger partial charge in [-0.05, 0) is 24.8 Å². The summed E-state index contributed by atoms with van der Waals surface area (Å²) in [5, 5.41) is 8.54. The minimum atomic E-state index is 0.312. The first-order valence-electron chi connectivity index (χ1n) is 5.08. The fraction of sp³-hybridized carbons (Fsp3) is 0.500. The Bertz CT molecular complexity index is 182. The molecule has 1 nitrogen and oxygen atoms in total. The molecule has 0 aromatic heterocycles. The minimum Gasteiger partial charge on any atom is -0.396 e. The van der Waals surface area contributed by atoms with Crippen LogP contribution in [0.2, 0.25) is 0 Å². The second-order valence-corrected chi connectivity index (χ2v) is 2.67. The zero-order valence-corrected chi connectivity index (χ0v) is 8.66. The Morgan fingerprint density at radius 3 is 2.15 bits per heavy atom. The lowest BCUT2D eigenvalue weighted by atomic mass is 10.1. The lowest BCUT2D eigenvalue weighted by Gasteiger charge is -1.97. The summed E-state index contributed by atoms with van der Waals surface area (Å²) in [6.45, 7) is 4.31. The monoisotopic (exact) mass is 180 g/mol. The molecule has 0 heterocycles. The van der Waals surface area contributed by atoms with Crippen LogP contribution in [0.1, 0.15) is 32.3 Å². The Kier molecular flexibility index (Phi) is 8.68. The van der Waals surface area contributed by atoms with E-state index in [-0.39, 0.29) is 0 Å². The summed E-state index contributed by atoms with van der Waals surface area (Å²) in [6.07, 6.45) is 3.08.